The number of ether oxygens (including phenoxy) is 1. The molecule has 1 aliphatic carbocycles. The van der Waals surface area contributed by atoms with Crippen LogP contribution in [0.4, 0.5) is 5.69 Å². The number of nitrogens with zero attached hydrogens (tertiary/aromatic N) is 3. The molecule has 0 spiro atoms. The topological polar surface area (TPSA) is 64.4 Å². The van der Waals surface area contributed by atoms with Crippen LogP contribution in [0.25, 0.3) is 5.69 Å². The summed E-state index contributed by atoms with van der Waals surface area (Å²) in [5.41, 5.74) is 5.68. The Morgan fingerprint density at radius 1 is 0.971 bits per heavy atom. The highest BCUT2D eigenvalue weighted by Crippen LogP contribution is 2.46. The first-order valence-corrected chi connectivity index (χ1v) is 11.8. The van der Waals surface area contributed by atoms with Crippen LogP contribution >= 0.6 is 11.6 Å². The summed E-state index contributed by atoms with van der Waals surface area (Å²) in [6.07, 6.45) is 2.03. The van der Waals surface area contributed by atoms with Crippen LogP contribution in [0.3, 0.4) is 0 Å². The smallest absolute Gasteiger partial charge is 0.232 e. The van der Waals surface area contributed by atoms with Gasteiger partial charge < -0.3 is 4.74 Å². The van der Waals surface area contributed by atoms with E-state index in [2.05, 4.69) is 5.10 Å². The maximum absolute atomic E-state index is 13.5. The van der Waals surface area contributed by atoms with Gasteiger partial charge in [0.2, 0.25) is 5.91 Å². The van der Waals surface area contributed by atoms with Gasteiger partial charge in [0.25, 0.3) is 0 Å². The molecule has 1 atom stereocenters. The first-order chi connectivity index (χ1) is 16.4. The second kappa shape index (κ2) is 8.76. The van der Waals surface area contributed by atoms with Crippen LogP contribution in [0, 0.1) is 13.8 Å². The Bertz CT molecular complexity index is 1310. The van der Waals surface area contributed by atoms with Crippen molar-refractivity contribution in [2.75, 3.05) is 12.0 Å². The lowest BCUT2D eigenvalue weighted by Crippen LogP contribution is -2.40. The van der Waals surface area contributed by atoms with Gasteiger partial charge in [0.1, 0.15) is 10.9 Å². The number of methoxy groups -OCH3 is 1. The molecule has 1 aliphatic heterocycles. The number of aryl methyl sites for hydroxylation is 2. The van der Waals surface area contributed by atoms with E-state index in [0.717, 1.165) is 40.3 Å². The number of aromatic nitrogens is 2. The lowest BCUT2D eigenvalue weighted by molar-refractivity contribution is -0.119. The summed E-state index contributed by atoms with van der Waals surface area (Å²) in [7, 11) is 1.61. The molecule has 0 N–H and O–H groups in total. The average Bonchev–Trinajstić information content (AvgIpc) is 3.13. The van der Waals surface area contributed by atoms with Gasteiger partial charge >= 0.3 is 0 Å². The van der Waals surface area contributed by atoms with Crippen LogP contribution in [-0.2, 0) is 9.59 Å². The molecule has 2 heterocycles. The summed E-state index contributed by atoms with van der Waals surface area (Å²) < 4.78 is 6.95. The number of carbonyl (C=O) groups is 2. The van der Waals surface area contributed by atoms with Gasteiger partial charge in [-0.1, -0.05) is 29.3 Å². The highest BCUT2D eigenvalue weighted by molar-refractivity contribution is 6.31. The molecule has 0 saturated carbocycles. The van der Waals surface area contributed by atoms with E-state index >= 15 is 0 Å². The Labute approximate surface area is 203 Å². The number of rotatable bonds is 4. The van der Waals surface area contributed by atoms with Crippen LogP contribution in [-0.4, -0.2) is 28.6 Å². The Kier molecular flexibility index (Phi) is 5.78. The van der Waals surface area contributed by atoms with Crippen molar-refractivity contribution >= 4 is 29.0 Å². The fourth-order valence-electron chi connectivity index (χ4n) is 5.03. The molecular weight excluding hydrogens is 450 g/mol. The first-order valence-electron chi connectivity index (χ1n) is 11.4. The predicted molar refractivity (Wildman–Crippen MR) is 132 cm³/mol. The second-order valence-corrected chi connectivity index (χ2v) is 9.22. The van der Waals surface area contributed by atoms with E-state index in [0.29, 0.717) is 29.3 Å². The highest BCUT2D eigenvalue weighted by Gasteiger charge is 2.42. The Morgan fingerprint density at radius 3 is 2.32 bits per heavy atom. The van der Waals surface area contributed by atoms with Crippen LogP contribution < -0.4 is 9.64 Å². The third-order valence-corrected chi connectivity index (χ3v) is 7.04. The number of amides is 1. The van der Waals surface area contributed by atoms with Crippen molar-refractivity contribution in [3.63, 3.8) is 0 Å². The summed E-state index contributed by atoms with van der Waals surface area (Å²) in [5.74, 6) is 0.334. The van der Waals surface area contributed by atoms with Gasteiger partial charge in [-0.25, -0.2) is 4.68 Å². The molecule has 1 amide bonds. The summed E-state index contributed by atoms with van der Waals surface area (Å²) in [6, 6.07) is 15.3. The van der Waals surface area contributed by atoms with Crippen molar-refractivity contribution in [1.82, 2.24) is 9.78 Å². The van der Waals surface area contributed by atoms with Crippen molar-refractivity contribution in [3.8, 4) is 11.4 Å². The molecule has 0 radical (unpaired) electrons. The van der Waals surface area contributed by atoms with E-state index in [4.69, 9.17) is 16.3 Å². The number of hydrogen-bond donors (Lipinski definition) is 0. The van der Waals surface area contributed by atoms with Crippen LogP contribution in [0.2, 0.25) is 5.15 Å². The number of carbonyl (C=O) groups excluding carboxylic acids is 2. The number of Topliss-reactive ketones (excluding diaryl/α,β-unsaturated/α-hetero) is 1. The Morgan fingerprint density at radius 2 is 1.65 bits per heavy atom. The normalized spacial score (nSPS) is 18.4. The molecule has 174 valence electrons. The predicted octanol–water partition coefficient (Wildman–Crippen LogP) is 5.68. The maximum Gasteiger partial charge on any atom is 0.232 e. The standard InChI is InChI=1S/C27H26ClN3O3/c1-16-7-9-19(10-8-16)31-27(28)25(17(2)29-31)21-15-24(33)30(18-11-13-20(34-3)14-12-18)22-5-4-6-23(32)26(21)22/h7-14,21H,4-6,15H2,1-3H3. The third kappa shape index (κ3) is 3.72. The van der Waals surface area contributed by atoms with Gasteiger partial charge in [0.15, 0.2) is 5.78 Å². The van der Waals surface area contributed by atoms with Crippen molar-refractivity contribution in [2.45, 2.75) is 45.4 Å². The Hall–Kier alpha value is -3.38. The molecule has 3 aromatic rings. The minimum absolute atomic E-state index is 0.0535. The van der Waals surface area contributed by atoms with Gasteiger partial charge in [0.05, 0.1) is 18.5 Å². The van der Waals surface area contributed by atoms with E-state index in [-0.39, 0.29) is 18.1 Å². The molecule has 5 rings (SSSR count). The van der Waals surface area contributed by atoms with Crippen LogP contribution in [0.5, 0.6) is 5.75 Å². The number of halogens is 1. The molecular formula is C27H26ClN3O3. The van der Waals surface area contributed by atoms with E-state index < -0.39 is 5.92 Å². The number of hydrogen-bond acceptors (Lipinski definition) is 4. The molecule has 0 bridgehead atoms. The van der Waals surface area contributed by atoms with E-state index in [9.17, 15) is 9.59 Å². The van der Waals surface area contributed by atoms with E-state index in [1.165, 1.54) is 0 Å². The lowest BCUT2D eigenvalue weighted by atomic mass is 9.77. The molecule has 7 heteroatoms. The van der Waals surface area contributed by atoms with Crippen LogP contribution in [0.1, 0.15) is 48.4 Å². The van der Waals surface area contributed by atoms with Gasteiger partial charge in [-0.05, 0) is 63.1 Å². The summed E-state index contributed by atoms with van der Waals surface area (Å²) >= 11 is 6.88. The van der Waals surface area contributed by atoms with Crippen LogP contribution in [0.15, 0.2) is 59.8 Å². The zero-order chi connectivity index (χ0) is 24.0. The largest absolute Gasteiger partial charge is 0.497 e. The maximum atomic E-state index is 13.5. The van der Waals surface area contributed by atoms with E-state index in [1.54, 1.807) is 16.7 Å². The molecule has 1 aromatic heterocycles. The number of anilines is 1. The fourth-order valence-corrected chi connectivity index (χ4v) is 5.44. The monoisotopic (exact) mass is 475 g/mol. The first kappa shape index (κ1) is 22.4. The van der Waals surface area contributed by atoms with Crippen molar-refractivity contribution in [2.24, 2.45) is 0 Å². The fraction of sp³-hybridized carbons (Fsp3) is 0.296. The molecule has 2 aliphatic rings. The molecule has 34 heavy (non-hydrogen) atoms. The zero-order valence-electron chi connectivity index (χ0n) is 19.5. The van der Waals surface area contributed by atoms with Crippen molar-refractivity contribution in [1.29, 1.82) is 0 Å². The SMILES string of the molecule is COc1ccc(N2C(=O)CC(c3c(C)nn(-c4ccc(C)cc4)c3Cl)C3=C2CCCC3=O)cc1. The second-order valence-electron chi connectivity index (χ2n) is 8.86. The minimum Gasteiger partial charge on any atom is -0.497 e. The molecule has 2 aromatic carbocycles. The molecule has 6 nitrogen and oxygen atoms in total. The quantitative estimate of drug-likeness (QED) is 0.487. The lowest BCUT2D eigenvalue weighted by Gasteiger charge is -2.38. The van der Waals surface area contributed by atoms with E-state index in [1.807, 2.05) is 62.4 Å². The summed E-state index contributed by atoms with van der Waals surface area (Å²) in [6.45, 7) is 3.91. The average molecular weight is 476 g/mol. The summed E-state index contributed by atoms with van der Waals surface area (Å²) in [4.78, 5) is 28.5. The number of allylic oxidation sites excluding steroid dienone is 2. The van der Waals surface area contributed by atoms with Gasteiger partial charge in [-0.2, -0.15) is 5.10 Å². The third-order valence-electron chi connectivity index (χ3n) is 6.68. The summed E-state index contributed by atoms with van der Waals surface area (Å²) in [5, 5.41) is 5.13. The zero-order valence-corrected chi connectivity index (χ0v) is 20.2. The number of ketones is 1. The minimum atomic E-state index is -0.406. The molecule has 1 unspecified atom stereocenters. The van der Waals surface area contributed by atoms with Gasteiger partial charge in [0, 0.05) is 41.3 Å². The van der Waals surface area contributed by atoms with Gasteiger partial charge in [-0.15, -0.1) is 0 Å². The van der Waals surface area contributed by atoms with Crippen molar-refractivity contribution < 1.29 is 14.3 Å². The van der Waals surface area contributed by atoms with Gasteiger partial charge in [-0.3, -0.25) is 14.5 Å². The number of benzene rings is 2. The Balaban J connectivity index is 1.63. The molecule has 0 fully saturated rings. The highest BCUT2D eigenvalue weighted by atomic mass is 35.5. The molecule has 0 saturated heterocycles. The van der Waals surface area contributed by atoms with Crippen molar-refractivity contribution in [3.05, 3.63) is 81.8 Å².